The van der Waals surface area contributed by atoms with Gasteiger partial charge in [0.15, 0.2) is 5.82 Å². The van der Waals surface area contributed by atoms with E-state index in [0.29, 0.717) is 18.0 Å². The molecule has 1 saturated heterocycles. The highest BCUT2D eigenvalue weighted by Gasteiger charge is 2.30. The van der Waals surface area contributed by atoms with Crippen molar-refractivity contribution >= 4 is 27.7 Å². The summed E-state index contributed by atoms with van der Waals surface area (Å²) in [5.74, 6) is 5.51. The van der Waals surface area contributed by atoms with E-state index in [1.807, 2.05) is 6.92 Å². The molecule has 1 fully saturated rings. The number of hydrazine groups is 1. The molecular weight excluding hydrogens is 312 g/mol. The first kappa shape index (κ1) is 14.2. The number of pyridine rings is 1. The topological polar surface area (TPSA) is 89.3 Å². The van der Waals surface area contributed by atoms with E-state index in [1.165, 1.54) is 0 Å². The molecule has 0 spiro atoms. The van der Waals surface area contributed by atoms with Gasteiger partial charge in [0.2, 0.25) is 0 Å². The molecule has 2 rings (SSSR count). The van der Waals surface area contributed by atoms with Gasteiger partial charge in [-0.25, -0.2) is 10.8 Å². The molecule has 19 heavy (non-hydrogen) atoms. The van der Waals surface area contributed by atoms with Crippen LogP contribution in [0.4, 0.5) is 5.82 Å². The molecule has 1 aromatic rings. The zero-order chi connectivity index (χ0) is 13.9. The van der Waals surface area contributed by atoms with E-state index < -0.39 is 0 Å². The lowest BCUT2D eigenvalue weighted by molar-refractivity contribution is 0.0273. The van der Waals surface area contributed by atoms with Crippen molar-refractivity contribution in [3.8, 4) is 0 Å². The van der Waals surface area contributed by atoms with E-state index in [1.54, 1.807) is 12.3 Å². The van der Waals surface area contributed by atoms with Gasteiger partial charge in [-0.15, -0.1) is 0 Å². The molecule has 0 radical (unpaired) electrons. The summed E-state index contributed by atoms with van der Waals surface area (Å²) >= 11 is 3.30. The van der Waals surface area contributed by atoms with Gasteiger partial charge in [0.1, 0.15) is 0 Å². The van der Waals surface area contributed by atoms with Crippen LogP contribution in [0, 0.1) is 0 Å². The number of nitrogens with two attached hydrogens (primary N) is 1. The minimum atomic E-state index is -0.344. The van der Waals surface area contributed by atoms with Gasteiger partial charge < -0.3 is 15.5 Å². The third-order valence-electron chi connectivity index (χ3n) is 3.09. The first-order chi connectivity index (χ1) is 9.04. The molecule has 104 valence electrons. The van der Waals surface area contributed by atoms with Crippen molar-refractivity contribution in [2.75, 3.05) is 18.6 Å². The number of nitrogens with zero attached hydrogens (tertiary/aromatic N) is 1. The zero-order valence-electron chi connectivity index (χ0n) is 10.7. The molecule has 1 aliphatic heterocycles. The third kappa shape index (κ3) is 3.43. The molecule has 0 saturated carbocycles. The molecule has 4 N–H and O–H groups in total. The van der Waals surface area contributed by atoms with Crippen LogP contribution >= 0.6 is 15.9 Å². The second-order valence-electron chi connectivity index (χ2n) is 4.86. The normalized spacial score (nSPS) is 22.9. The molecule has 0 aliphatic carbocycles. The van der Waals surface area contributed by atoms with Crippen LogP contribution in [-0.4, -0.2) is 29.6 Å². The SMILES string of the molecule is CC1(NC(=O)c2cc(Br)cnc2NN)CCCOC1. The third-order valence-corrected chi connectivity index (χ3v) is 3.52. The van der Waals surface area contributed by atoms with E-state index >= 15 is 0 Å². The Labute approximate surface area is 120 Å². The summed E-state index contributed by atoms with van der Waals surface area (Å²) in [4.78, 5) is 16.4. The number of anilines is 1. The number of nitrogens with one attached hydrogen (secondary N) is 2. The Morgan fingerprint density at radius 1 is 1.63 bits per heavy atom. The van der Waals surface area contributed by atoms with Gasteiger partial charge in [-0.1, -0.05) is 0 Å². The summed E-state index contributed by atoms with van der Waals surface area (Å²) in [5.41, 5.74) is 2.49. The van der Waals surface area contributed by atoms with E-state index in [2.05, 4.69) is 31.7 Å². The summed E-state index contributed by atoms with van der Waals surface area (Å²) in [6.45, 7) is 3.25. The van der Waals surface area contributed by atoms with Crippen LogP contribution in [0.1, 0.15) is 30.1 Å². The molecule has 0 bridgehead atoms. The first-order valence-electron chi connectivity index (χ1n) is 6.06. The van der Waals surface area contributed by atoms with Gasteiger partial charge in [-0.05, 0) is 41.8 Å². The molecule has 1 aliphatic rings. The van der Waals surface area contributed by atoms with Crippen LogP contribution in [0.25, 0.3) is 0 Å². The predicted octanol–water partition coefficient (Wildman–Crippen LogP) is 1.43. The van der Waals surface area contributed by atoms with Crippen LogP contribution in [0.3, 0.4) is 0 Å². The Morgan fingerprint density at radius 3 is 3.05 bits per heavy atom. The fourth-order valence-electron chi connectivity index (χ4n) is 2.10. The highest BCUT2D eigenvalue weighted by molar-refractivity contribution is 9.10. The fourth-order valence-corrected chi connectivity index (χ4v) is 2.43. The minimum absolute atomic E-state index is 0.213. The summed E-state index contributed by atoms with van der Waals surface area (Å²) in [5, 5.41) is 2.99. The number of carbonyl (C=O) groups is 1. The average Bonchev–Trinajstić information content (AvgIpc) is 2.39. The lowest BCUT2D eigenvalue weighted by Crippen LogP contribution is -2.51. The molecule has 1 atom stereocenters. The molecule has 1 unspecified atom stereocenters. The molecule has 7 heteroatoms. The molecule has 1 amide bonds. The number of hydrogen-bond donors (Lipinski definition) is 3. The minimum Gasteiger partial charge on any atom is -0.379 e. The van der Waals surface area contributed by atoms with E-state index in [9.17, 15) is 4.79 Å². The molecule has 0 aromatic carbocycles. The van der Waals surface area contributed by atoms with E-state index in [-0.39, 0.29) is 11.4 Å². The Bertz CT molecular complexity index is 475. The van der Waals surface area contributed by atoms with Crippen molar-refractivity contribution in [1.29, 1.82) is 0 Å². The maximum Gasteiger partial charge on any atom is 0.255 e. The summed E-state index contributed by atoms with van der Waals surface area (Å²) in [6.07, 6.45) is 3.42. The Hall–Kier alpha value is -1.18. The lowest BCUT2D eigenvalue weighted by Gasteiger charge is -2.34. The van der Waals surface area contributed by atoms with Gasteiger partial charge in [0, 0.05) is 17.3 Å². The Kier molecular flexibility index (Phi) is 4.38. The van der Waals surface area contributed by atoms with Crippen molar-refractivity contribution in [1.82, 2.24) is 10.3 Å². The number of aromatic nitrogens is 1. The van der Waals surface area contributed by atoms with Gasteiger partial charge in [-0.2, -0.15) is 0 Å². The van der Waals surface area contributed by atoms with Crippen molar-refractivity contribution in [3.05, 3.63) is 22.3 Å². The number of carbonyl (C=O) groups excluding carboxylic acids is 1. The van der Waals surface area contributed by atoms with Gasteiger partial charge in [0.25, 0.3) is 5.91 Å². The number of hydrogen-bond acceptors (Lipinski definition) is 5. The van der Waals surface area contributed by atoms with Gasteiger partial charge >= 0.3 is 0 Å². The molecule has 2 heterocycles. The average molecular weight is 329 g/mol. The zero-order valence-corrected chi connectivity index (χ0v) is 12.3. The summed E-state index contributed by atoms with van der Waals surface area (Å²) in [6, 6.07) is 1.69. The molecule has 1 aromatic heterocycles. The second-order valence-corrected chi connectivity index (χ2v) is 5.78. The maximum absolute atomic E-state index is 12.3. The van der Waals surface area contributed by atoms with Crippen LogP contribution in [0.2, 0.25) is 0 Å². The summed E-state index contributed by atoms with van der Waals surface area (Å²) < 4.78 is 6.15. The molecular formula is C12H17BrN4O2. The highest BCUT2D eigenvalue weighted by Crippen LogP contribution is 2.21. The quantitative estimate of drug-likeness (QED) is 0.577. The summed E-state index contributed by atoms with van der Waals surface area (Å²) in [7, 11) is 0. The number of halogens is 1. The lowest BCUT2D eigenvalue weighted by atomic mass is 9.94. The van der Waals surface area contributed by atoms with Crippen LogP contribution < -0.4 is 16.6 Å². The van der Waals surface area contributed by atoms with Crippen LogP contribution in [0.15, 0.2) is 16.7 Å². The standard InChI is InChI=1S/C12H17BrN4O2/c1-12(3-2-4-19-7-12)16-11(18)9-5-8(13)6-15-10(9)17-14/h5-6H,2-4,7,14H2,1H3,(H,15,17)(H,16,18). The van der Waals surface area contributed by atoms with Crippen molar-refractivity contribution < 1.29 is 9.53 Å². The van der Waals surface area contributed by atoms with Crippen LogP contribution in [-0.2, 0) is 4.74 Å². The van der Waals surface area contributed by atoms with Crippen LogP contribution in [0.5, 0.6) is 0 Å². The Balaban J connectivity index is 2.17. The smallest absolute Gasteiger partial charge is 0.255 e. The first-order valence-corrected chi connectivity index (χ1v) is 6.86. The number of ether oxygens (including phenoxy) is 1. The van der Waals surface area contributed by atoms with Crippen molar-refractivity contribution in [3.63, 3.8) is 0 Å². The number of amides is 1. The predicted molar refractivity (Wildman–Crippen MR) is 75.7 cm³/mol. The Morgan fingerprint density at radius 2 is 2.42 bits per heavy atom. The van der Waals surface area contributed by atoms with Gasteiger partial charge in [-0.3, -0.25) is 4.79 Å². The van der Waals surface area contributed by atoms with E-state index in [4.69, 9.17) is 10.6 Å². The fraction of sp³-hybridized carbons (Fsp3) is 0.500. The largest absolute Gasteiger partial charge is 0.379 e. The van der Waals surface area contributed by atoms with Crippen molar-refractivity contribution in [2.24, 2.45) is 5.84 Å². The number of nitrogen functional groups attached to an aromatic ring is 1. The van der Waals surface area contributed by atoms with E-state index in [0.717, 1.165) is 23.9 Å². The van der Waals surface area contributed by atoms with Gasteiger partial charge in [0.05, 0.1) is 17.7 Å². The highest BCUT2D eigenvalue weighted by atomic mass is 79.9. The molecule has 6 nitrogen and oxygen atoms in total. The maximum atomic E-state index is 12.3. The monoisotopic (exact) mass is 328 g/mol. The second kappa shape index (κ2) is 5.85. The van der Waals surface area contributed by atoms with Crippen molar-refractivity contribution in [2.45, 2.75) is 25.3 Å². The number of rotatable bonds is 3.